The molecule has 60 valence electrons. The maximum Gasteiger partial charge on any atom is 0.157 e. The van der Waals surface area contributed by atoms with Crippen molar-refractivity contribution in [2.45, 2.75) is 6.42 Å². The van der Waals surface area contributed by atoms with Crippen molar-refractivity contribution in [3.8, 4) is 11.5 Å². The minimum absolute atomic E-state index is 0.326. The van der Waals surface area contributed by atoms with Gasteiger partial charge in [0.25, 0.3) is 0 Å². The van der Waals surface area contributed by atoms with Gasteiger partial charge in [0.2, 0.25) is 0 Å². The number of phenolic OH excluding ortho intramolecular Hbond substituents is 2. The molecule has 3 N–H and O–H groups in total. The zero-order valence-corrected chi connectivity index (χ0v) is 5.55. The summed E-state index contributed by atoms with van der Waals surface area (Å²) in [5, 5.41) is 27.3. The monoisotopic (exact) mass is 159 g/mol. The summed E-state index contributed by atoms with van der Waals surface area (Å²) >= 11 is 0. The predicted octanol–water partition coefficient (Wildman–Crippen LogP) is 0.633. The molecule has 0 bridgehead atoms. The Morgan fingerprint density at radius 2 is 2.09 bits per heavy atom. The first-order chi connectivity index (χ1) is 7.15. The Morgan fingerprint density at radius 3 is 2.73 bits per heavy atom. The van der Waals surface area contributed by atoms with Crippen molar-refractivity contribution in [3.63, 3.8) is 0 Å². The van der Waals surface area contributed by atoms with E-state index in [1.165, 1.54) is 0 Å². The van der Waals surface area contributed by atoms with Gasteiger partial charge in [-0.3, -0.25) is 0 Å². The summed E-state index contributed by atoms with van der Waals surface area (Å²) in [6.45, 7) is -2.65. The van der Waals surface area contributed by atoms with Crippen LogP contribution < -0.4 is 0 Å². The van der Waals surface area contributed by atoms with E-state index in [1.807, 2.05) is 0 Å². The van der Waals surface area contributed by atoms with Crippen molar-refractivity contribution in [1.29, 1.82) is 0 Å². The van der Waals surface area contributed by atoms with Gasteiger partial charge in [-0.1, -0.05) is 6.04 Å². The van der Waals surface area contributed by atoms with Crippen LogP contribution in [-0.2, 0) is 6.42 Å². The van der Waals surface area contributed by atoms with Crippen LogP contribution in [0.1, 0.15) is 12.4 Å². The lowest BCUT2D eigenvalue weighted by molar-refractivity contribution is 0.299. The number of hydrogen-bond donors (Lipinski definition) is 3. The van der Waals surface area contributed by atoms with Gasteiger partial charge in [0, 0.05) is 6.56 Å². The van der Waals surface area contributed by atoms with E-state index >= 15 is 0 Å². The lowest BCUT2D eigenvalue weighted by Gasteiger charge is -2.00. The Balaban J connectivity index is 3.40. The second-order valence-electron chi connectivity index (χ2n) is 1.89. The smallest absolute Gasteiger partial charge is 0.157 e. The quantitative estimate of drug-likeness (QED) is 0.555. The van der Waals surface area contributed by atoms with Crippen LogP contribution in [0.15, 0.2) is 18.1 Å². The highest BCUT2D eigenvalue weighted by Gasteiger charge is 1.98. The highest BCUT2D eigenvalue weighted by Crippen LogP contribution is 2.24. The number of aliphatic hydroxyl groups is 1. The van der Waals surface area contributed by atoms with E-state index in [4.69, 9.17) is 17.1 Å². The fourth-order valence-corrected chi connectivity index (χ4v) is 0.595. The Bertz CT molecular complexity index is 398. The molecule has 0 aromatic heterocycles. The maximum atomic E-state index is 9.24. The van der Waals surface area contributed by atoms with Gasteiger partial charge in [-0.2, -0.15) is 0 Å². The summed E-state index contributed by atoms with van der Waals surface area (Å²) < 4.78 is 35.8. The normalized spacial score (nSPS) is 17.7. The molecular weight excluding hydrogens is 144 g/mol. The molecule has 3 nitrogen and oxygen atoms in total. The van der Waals surface area contributed by atoms with Crippen molar-refractivity contribution in [2.24, 2.45) is 0 Å². The van der Waals surface area contributed by atoms with Crippen molar-refractivity contribution in [1.82, 2.24) is 0 Å². The average molecular weight is 159 g/mol. The summed E-state index contributed by atoms with van der Waals surface area (Å²) in [6.07, 6.45) is -0.704. The van der Waals surface area contributed by atoms with Gasteiger partial charge in [0.1, 0.15) is 0 Å². The SMILES string of the molecule is [2H]c1c([2H])c(CC([2H])([2H])O)c([2H])c(O)c1O. The highest BCUT2D eigenvalue weighted by molar-refractivity contribution is 5.40. The van der Waals surface area contributed by atoms with Crippen LogP contribution in [0.4, 0.5) is 0 Å². The summed E-state index contributed by atoms with van der Waals surface area (Å²) in [4.78, 5) is 0. The average Bonchev–Trinajstić information content (AvgIpc) is 2.17. The number of phenols is 2. The molecule has 1 aromatic carbocycles. The predicted molar refractivity (Wildman–Crippen MR) is 40.6 cm³/mol. The van der Waals surface area contributed by atoms with Crippen molar-refractivity contribution in [2.75, 3.05) is 6.56 Å². The Hall–Kier alpha value is -1.22. The van der Waals surface area contributed by atoms with Crippen LogP contribution in [0.5, 0.6) is 11.5 Å². The fraction of sp³-hybridized carbons (Fsp3) is 0.250. The number of benzene rings is 1. The molecule has 3 heteroatoms. The zero-order chi connectivity index (χ0) is 12.7. The van der Waals surface area contributed by atoms with Gasteiger partial charge < -0.3 is 15.3 Å². The molecule has 0 unspecified atom stereocenters. The van der Waals surface area contributed by atoms with Crippen LogP contribution in [0.25, 0.3) is 0 Å². The number of hydrogen-bond acceptors (Lipinski definition) is 3. The molecule has 0 aliphatic heterocycles. The number of aromatic hydroxyl groups is 2. The third-order valence-corrected chi connectivity index (χ3v) is 1.08. The minimum atomic E-state index is -2.65. The first-order valence-electron chi connectivity index (χ1n) is 5.38. The van der Waals surface area contributed by atoms with Crippen molar-refractivity contribution in [3.05, 3.63) is 23.7 Å². The molecule has 0 amide bonds. The zero-order valence-electron chi connectivity index (χ0n) is 10.5. The van der Waals surface area contributed by atoms with E-state index in [0.717, 1.165) is 0 Å². The molecule has 0 aliphatic rings. The molecule has 0 radical (unpaired) electrons. The fourth-order valence-electron chi connectivity index (χ4n) is 0.595. The van der Waals surface area contributed by atoms with Crippen LogP contribution in [0, 0.1) is 0 Å². The highest BCUT2D eigenvalue weighted by atomic mass is 16.3. The summed E-state index contributed by atoms with van der Waals surface area (Å²) in [5.41, 5.74) is -0.326. The standard InChI is InChI=1S/C8H10O3/c9-4-3-6-1-2-7(10)8(11)5-6/h1-2,5,9-11H,3-4H2/i1D,2D,4D2,5D. The molecule has 0 heterocycles. The molecule has 0 aliphatic carbocycles. The van der Waals surface area contributed by atoms with E-state index in [2.05, 4.69) is 0 Å². The maximum absolute atomic E-state index is 9.24. The van der Waals surface area contributed by atoms with Crippen molar-refractivity contribution < 1.29 is 22.2 Å². The lowest BCUT2D eigenvalue weighted by Crippen LogP contribution is -1.89. The minimum Gasteiger partial charge on any atom is -0.504 e. The Morgan fingerprint density at radius 1 is 1.36 bits per heavy atom. The van der Waals surface area contributed by atoms with Gasteiger partial charge in [-0.15, -0.1) is 0 Å². The van der Waals surface area contributed by atoms with Crippen LogP contribution in [0.2, 0.25) is 0 Å². The Kier molecular flexibility index (Phi) is 1.02. The van der Waals surface area contributed by atoms with Gasteiger partial charge in [0.05, 0.1) is 6.85 Å². The molecule has 0 saturated heterocycles. The molecule has 0 atom stereocenters. The topological polar surface area (TPSA) is 60.7 Å². The second-order valence-corrected chi connectivity index (χ2v) is 1.89. The summed E-state index contributed by atoms with van der Waals surface area (Å²) in [6, 6.07) is -1.94. The van der Waals surface area contributed by atoms with E-state index in [1.54, 1.807) is 0 Å². The first kappa shape index (κ1) is 3.45. The van der Waals surface area contributed by atoms with E-state index < -0.39 is 42.6 Å². The Labute approximate surface area is 71.6 Å². The second kappa shape index (κ2) is 3.25. The summed E-state index contributed by atoms with van der Waals surface area (Å²) in [5.74, 6) is -1.78. The molecular formula is C8H10O3. The number of rotatable bonds is 2. The summed E-state index contributed by atoms with van der Waals surface area (Å²) in [7, 11) is 0. The molecule has 0 fully saturated rings. The van der Waals surface area contributed by atoms with Gasteiger partial charge in [0.15, 0.2) is 11.5 Å². The lowest BCUT2D eigenvalue weighted by atomic mass is 10.1. The molecule has 11 heavy (non-hydrogen) atoms. The molecule has 0 saturated carbocycles. The first-order valence-corrected chi connectivity index (χ1v) is 2.88. The van der Waals surface area contributed by atoms with Crippen LogP contribution in [-0.4, -0.2) is 21.9 Å². The third-order valence-electron chi connectivity index (χ3n) is 1.08. The van der Waals surface area contributed by atoms with E-state index in [9.17, 15) is 5.11 Å². The van der Waals surface area contributed by atoms with E-state index in [0.29, 0.717) is 0 Å². The molecule has 1 aromatic rings. The van der Waals surface area contributed by atoms with Crippen LogP contribution in [0.3, 0.4) is 0 Å². The molecule has 1 rings (SSSR count). The van der Waals surface area contributed by atoms with Crippen molar-refractivity contribution >= 4 is 0 Å². The van der Waals surface area contributed by atoms with E-state index in [-0.39, 0.29) is 5.56 Å². The molecule has 0 spiro atoms. The largest absolute Gasteiger partial charge is 0.504 e. The van der Waals surface area contributed by atoms with Crippen LogP contribution >= 0.6 is 0 Å². The third kappa shape index (κ3) is 1.85. The van der Waals surface area contributed by atoms with Gasteiger partial charge in [-0.25, -0.2) is 0 Å². The van der Waals surface area contributed by atoms with Gasteiger partial charge >= 0.3 is 0 Å². The van der Waals surface area contributed by atoms with Gasteiger partial charge in [-0.05, 0) is 24.1 Å².